The molecule has 0 radical (unpaired) electrons. The largest absolute Gasteiger partial charge is 0.465 e. The third kappa shape index (κ3) is 8.45. The number of carbonyl (C=O) groups excluding carboxylic acids is 1. The number of halogens is 1. The molecular weight excluding hydrogens is 214 g/mol. The van der Waals surface area contributed by atoms with Crippen molar-refractivity contribution in [3.8, 4) is 0 Å². The molecule has 1 N–H and O–H groups in total. The lowest BCUT2D eigenvalue weighted by Gasteiger charge is -2.13. The molecule has 1 unspecified atom stereocenters. The van der Waals surface area contributed by atoms with Gasteiger partial charge >= 0.3 is 5.97 Å². The second-order valence-electron chi connectivity index (χ2n) is 3.17. The molecule has 0 amide bonds. The van der Waals surface area contributed by atoms with Crippen LogP contribution < -0.4 is 5.32 Å². The van der Waals surface area contributed by atoms with Crippen LogP contribution in [0.2, 0.25) is 0 Å². The number of hydrogen-bond donors (Lipinski definition) is 1. The van der Waals surface area contributed by atoms with Crippen LogP contribution in [0, 0.1) is 0 Å². The molecule has 0 saturated carbocycles. The van der Waals surface area contributed by atoms with E-state index in [-0.39, 0.29) is 24.4 Å². The topological polar surface area (TPSA) is 38.3 Å². The Hall–Kier alpha value is -0.540. The number of carbonyl (C=O) groups is 1. The Bertz CT molecular complexity index is 174. The minimum atomic E-state index is -0.153. The summed E-state index contributed by atoms with van der Waals surface area (Å²) in [6.45, 7) is 5.92. The zero-order valence-corrected chi connectivity index (χ0v) is 10.4. The molecule has 0 aliphatic heterocycles. The van der Waals surface area contributed by atoms with Gasteiger partial charge in [0.1, 0.15) is 6.04 Å². The highest BCUT2D eigenvalue weighted by Crippen LogP contribution is 2.05. The highest BCUT2D eigenvalue weighted by Gasteiger charge is 2.16. The van der Waals surface area contributed by atoms with E-state index in [0.717, 1.165) is 25.7 Å². The van der Waals surface area contributed by atoms with Gasteiger partial charge in [0.25, 0.3) is 0 Å². The van der Waals surface area contributed by atoms with Gasteiger partial charge in [0.2, 0.25) is 0 Å². The van der Waals surface area contributed by atoms with E-state index in [2.05, 4.69) is 11.9 Å². The highest BCUT2D eigenvalue weighted by molar-refractivity contribution is 5.85. The molecule has 0 saturated heterocycles. The van der Waals surface area contributed by atoms with Crippen molar-refractivity contribution in [1.82, 2.24) is 5.32 Å². The van der Waals surface area contributed by atoms with Crippen molar-refractivity contribution in [1.29, 1.82) is 0 Å². The molecule has 15 heavy (non-hydrogen) atoms. The van der Waals surface area contributed by atoms with Crippen LogP contribution in [0.3, 0.4) is 0 Å². The number of likely N-dealkylation sites (N-methyl/N-ethyl adjacent to an activating group) is 1. The summed E-state index contributed by atoms with van der Waals surface area (Å²) < 4.78 is 4.93. The van der Waals surface area contributed by atoms with Gasteiger partial charge < -0.3 is 10.1 Å². The van der Waals surface area contributed by atoms with Crippen molar-refractivity contribution in [2.45, 2.75) is 38.6 Å². The van der Waals surface area contributed by atoms with E-state index < -0.39 is 0 Å². The Morgan fingerprint density at radius 2 is 2.20 bits per heavy atom. The second-order valence-corrected chi connectivity index (χ2v) is 3.17. The maximum Gasteiger partial charge on any atom is 0.323 e. The Kier molecular flexibility index (Phi) is 13.0. The molecule has 0 spiro atoms. The number of rotatable bonds is 8. The number of unbranched alkanes of at least 4 members (excludes halogenated alkanes) is 2. The molecule has 0 heterocycles. The summed E-state index contributed by atoms with van der Waals surface area (Å²) in [7, 11) is 1.79. The summed E-state index contributed by atoms with van der Waals surface area (Å²) in [6.07, 6.45) is 5.86. The van der Waals surface area contributed by atoms with Crippen molar-refractivity contribution >= 4 is 18.4 Å². The Morgan fingerprint density at radius 1 is 1.53 bits per heavy atom. The van der Waals surface area contributed by atoms with E-state index in [4.69, 9.17) is 4.74 Å². The minimum absolute atomic E-state index is 0. The van der Waals surface area contributed by atoms with Crippen molar-refractivity contribution in [2.24, 2.45) is 0 Å². The molecule has 0 fully saturated rings. The first-order chi connectivity index (χ1) is 6.76. The zero-order valence-electron chi connectivity index (χ0n) is 9.62. The Morgan fingerprint density at radius 3 is 2.67 bits per heavy atom. The summed E-state index contributed by atoms with van der Waals surface area (Å²) in [5, 5.41) is 2.96. The van der Waals surface area contributed by atoms with Crippen molar-refractivity contribution < 1.29 is 9.53 Å². The van der Waals surface area contributed by atoms with Crippen molar-refractivity contribution in [3.05, 3.63) is 12.7 Å². The molecule has 0 aliphatic rings. The molecular formula is C11H22ClNO2. The van der Waals surface area contributed by atoms with Crippen molar-refractivity contribution in [2.75, 3.05) is 13.7 Å². The van der Waals surface area contributed by atoms with Crippen molar-refractivity contribution in [3.63, 3.8) is 0 Å². The first kappa shape index (κ1) is 16.9. The fourth-order valence-electron chi connectivity index (χ4n) is 1.26. The third-order valence-electron chi connectivity index (χ3n) is 2.07. The Balaban J connectivity index is 0. The molecule has 0 bridgehead atoms. The predicted molar refractivity (Wildman–Crippen MR) is 65.4 cm³/mol. The first-order valence-corrected chi connectivity index (χ1v) is 5.21. The quantitative estimate of drug-likeness (QED) is 0.399. The van der Waals surface area contributed by atoms with Gasteiger partial charge in [-0.15, -0.1) is 19.0 Å². The number of ether oxygens (including phenoxy) is 1. The van der Waals surface area contributed by atoms with Gasteiger partial charge in [-0.2, -0.15) is 0 Å². The smallest absolute Gasteiger partial charge is 0.323 e. The van der Waals surface area contributed by atoms with Crippen LogP contribution in [0.25, 0.3) is 0 Å². The fourth-order valence-corrected chi connectivity index (χ4v) is 1.26. The van der Waals surface area contributed by atoms with Crippen LogP contribution in [-0.4, -0.2) is 25.7 Å². The van der Waals surface area contributed by atoms with E-state index in [1.807, 2.05) is 13.0 Å². The van der Waals surface area contributed by atoms with E-state index >= 15 is 0 Å². The lowest BCUT2D eigenvalue weighted by molar-refractivity contribution is -0.145. The van der Waals surface area contributed by atoms with E-state index in [1.54, 1.807) is 7.05 Å². The van der Waals surface area contributed by atoms with E-state index in [0.29, 0.717) is 6.61 Å². The average Bonchev–Trinajstić information content (AvgIpc) is 2.18. The summed E-state index contributed by atoms with van der Waals surface area (Å²) in [5.74, 6) is -0.145. The maximum atomic E-state index is 11.3. The summed E-state index contributed by atoms with van der Waals surface area (Å²) in [6, 6.07) is -0.153. The standard InChI is InChI=1S/C11H21NO2.ClH/c1-4-6-7-8-9-10(12-3)11(13)14-5-2;/h4,10,12H,1,5-9H2,2-3H3;1H. The lowest BCUT2D eigenvalue weighted by Crippen LogP contribution is -2.35. The average molecular weight is 236 g/mol. The third-order valence-corrected chi connectivity index (χ3v) is 2.07. The molecule has 0 aromatic rings. The van der Waals surface area contributed by atoms with Gasteiger partial charge in [0, 0.05) is 0 Å². The van der Waals surface area contributed by atoms with Gasteiger partial charge in [0.15, 0.2) is 0 Å². The molecule has 0 aromatic heterocycles. The van der Waals surface area contributed by atoms with E-state index in [1.165, 1.54) is 0 Å². The summed E-state index contributed by atoms with van der Waals surface area (Å²) in [5.41, 5.74) is 0. The molecule has 4 heteroatoms. The number of allylic oxidation sites excluding steroid dienone is 1. The summed E-state index contributed by atoms with van der Waals surface area (Å²) in [4.78, 5) is 11.3. The molecule has 90 valence electrons. The fraction of sp³-hybridized carbons (Fsp3) is 0.727. The van der Waals surface area contributed by atoms with Crippen LogP contribution in [0.1, 0.15) is 32.6 Å². The molecule has 0 aliphatic carbocycles. The number of nitrogens with one attached hydrogen (secondary N) is 1. The monoisotopic (exact) mass is 235 g/mol. The van der Waals surface area contributed by atoms with Crippen LogP contribution in [-0.2, 0) is 9.53 Å². The zero-order chi connectivity index (χ0) is 10.8. The predicted octanol–water partition coefficient (Wildman–Crippen LogP) is 2.31. The van der Waals surface area contributed by atoms with Crippen LogP contribution in [0.15, 0.2) is 12.7 Å². The van der Waals surface area contributed by atoms with Crippen LogP contribution in [0.5, 0.6) is 0 Å². The van der Waals surface area contributed by atoms with Gasteiger partial charge in [0.05, 0.1) is 6.61 Å². The van der Waals surface area contributed by atoms with Gasteiger partial charge in [-0.3, -0.25) is 4.79 Å². The molecule has 3 nitrogen and oxygen atoms in total. The highest BCUT2D eigenvalue weighted by atomic mass is 35.5. The maximum absolute atomic E-state index is 11.3. The van der Waals surface area contributed by atoms with E-state index in [9.17, 15) is 4.79 Å². The molecule has 0 aromatic carbocycles. The normalized spacial score (nSPS) is 11.3. The Labute approximate surface area is 98.7 Å². The summed E-state index contributed by atoms with van der Waals surface area (Å²) >= 11 is 0. The molecule has 0 rings (SSSR count). The molecule has 1 atom stereocenters. The number of hydrogen-bond acceptors (Lipinski definition) is 3. The first-order valence-electron chi connectivity index (χ1n) is 5.21. The second kappa shape index (κ2) is 11.5. The van der Waals surface area contributed by atoms with Gasteiger partial charge in [-0.25, -0.2) is 0 Å². The van der Waals surface area contributed by atoms with Crippen LogP contribution in [0.4, 0.5) is 0 Å². The van der Waals surface area contributed by atoms with Gasteiger partial charge in [-0.05, 0) is 33.2 Å². The van der Waals surface area contributed by atoms with Crippen LogP contribution >= 0.6 is 12.4 Å². The number of esters is 1. The SMILES string of the molecule is C=CCCCCC(NC)C(=O)OCC.Cl. The van der Waals surface area contributed by atoms with Gasteiger partial charge in [-0.1, -0.05) is 12.5 Å². The minimum Gasteiger partial charge on any atom is -0.465 e. The lowest BCUT2D eigenvalue weighted by atomic mass is 10.1.